The van der Waals surface area contributed by atoms with Gasteiger partial charge in [0.2, 0.25) is 5.91 Å². The summed E-state index contributed by atoms with van der Waals surface area (Å²) >= 11 is 11.7. The number of nitrogens with one attached hydrogen (secondary N) is 3. The lowest BCUT2D eigenvalue weighted by atomic mass is 10.2. The Bertz CT molecular complexity index is 880. The molecule has 0 spiro atoms. The lowest BCUT2D eigenvalue weighted by Gasteiger charge is -2.08. The molecule has 3 rings (SSSR count). The Morgan fingerprint density at radius 2 is 1.56 bits per heavy atom. The van der Waals surface area contributed by atoms with Gasteiger partial charge in [-0.25, -0.2) is 0 Å². The molecule has 3 amide bonds. The Kier molecular flexibility index (Phi) is 5.98. The Hall–Kier alpha value is -2.57. The van der Waals surface area contributed by atoms with E-state index in [1.807, 2.05) is 0 Å². The summed E-state index contributed by atoms with van der Waals surface area (Å²) < 4.78 is 0. The number of carbonyl (C=O) groups is 3. The molecule has 0 unspecified atom stereocenters. The molecule has 0 aliphatic heterocycles. The van der Waals surface area contributed by atoms with Crippen molar-refractivity contribution < 1.29 is 14.4 Å². The molecule has 0 radical (unpaired) electrons. The summed E-state index contributed by atoms with van der Waals surface area (Å²) in [4.78, 5) is 36.0. The Morgan fingerprint density at radius 3 is 2.19 bits per heavy atom. The van der Waals surface area contributed by atoms with Gasteiger partial charge < -0.3 is 16.0 Å². The van der Waals surface area contributed by atoms with Crippen LogP contribution in [0.15, 0.2) is 42.5 Å². The van der Waals surface area contributed by atoms with Crippen molar-refractivity contribution in [3.05, 3.63) is 63.6 Å². The van der Waals surface area contributed by atoms with Gasteiger partial charge in [0.15, 0.2) is 0 Å². The van der Waals surface area contributed by atoms with Crippen molar-refractivity contribution in [2.45, 2.75) is 18.9 Å². The van der Waals surface area contributed by atoms with Crippen LogP contribution in [-0.2, 0) is 4.79 Å². The van der Waals surface area contributed by atoms with Crippen LogP contribution < -0.4 is 16.0 Å². The van der Waals surface area contributed by atoms with Crippen molar-refractivity contribution in [3.8, 4) is 0 Å². The van der Waals surface area contributed by atoms with Crippen LogP contribution in [0.2, 0.25) is 10.0 Å². The molecular weight excluding hydrogens is 389 g/mol. The third-order valence-electron chi connectivity index (χ3n) is 3.93. The molecule has 6 nitrogen and oxygen atoms in total. The lowest BCUT2D eigenvalue weighted by molar-refractivity contribution is -0.115. The van der Waals surface area contributed by atoms with Gasteiger partial charge in [-0.05, 0) is 55.3 Å². The fourth-order valence-electron chi connectivity index (χ4n) is 2.31. The molecule has 0 heterocycles. The molecule has 0 aromatic heterocycles. The summed E-state index contributed by atoms with van der Waals surface area (Å²) in [5.41, 5.74) is 1.38. The first-order valence-electron chi connectivity index (χ1n) is 8.36. The number of benzene rings is 2. The molecule has 8 heteroatoms. The molecule has 2 aromatic carbocycles. The van der Waals surface area contributed by atoms with E-state index in [-0.39, 0.29) is 23.5 Å². The average molecular weight is 406 g/mol. The quantitative estimate of drug-likeness (QED) is 0.688. The third kappa shape index (κ3) is 5.45. The minimum Gasteiger partial charge on any atom is -0.349 e. The number of amides is 3. The van der Waals surface area contributed by atoms with E-state index < -0.39 is 11.8 Å². The van der Waals surface area contributed by atoms with E-state index in [2.05, 4.69) is 16.0 Å². The predicted molar refractivity (Wildman–Crippen MR) is 104 cm³/mol. The van der Waals surface area contributed by atoms with Crippen LogP contribution in [0, 0.1) is 0 Å². The molecule has 140 valence electrons. The van der Waals surface area contributed by atoms with Gasteiger partial charge in [-0.3, -0.25) is 14.4 Å². The van der Waals surface area contributed by atoms with E-state index in [0.717, 1.165) is 12.8 Å². The fourth-order valence-corrected chi connectivity index (χ4v) is 2.60. The van der Waals surface area contributed by atoms with Crippen LogP contribution in [0.1, 0.15) is 33.6 Å². The van der Waals surface area contributed by atoms with Crippen LogP contribution in [0.4, 0.5) is 5.69 Å². The first kappa shape index (κ1) is 19.2. The minimum absolute atomic E-state index is 0.121. The van der Waals surface area contributed by atoms with E-state index >= 15 is 0 Å². The molecule has 3 N–H and O–H groups in total. The number of halogens is 2. The zero-order valence-electron chi connectivity index (χ0n) is 14.2. The summed E-state index contributed by atoms with van der Waals surface area (Å²) in [5.74, 6) is -0.946. The van der Waals surface area contributed by atoms with E-state index in [1.165, 1.54) is 18.2 Å². The number of anilines is 1. The van der Waals surface area contributed by atoms with Crippen molar-refractivity contribution in [2.24, 2.45) is 0 Å². The topological polar surface area (TPSA) is 87.3 Å². The van der Waals surface area contributed by atoms with E-state index in [9.17, 15) is 14.4 Å². The number of hydrogen-bond acceptors (Lipinski definition) is 3. The second-order valence-corrected chi connectivity index (χ2v) is 7.00. The zero-order chi connectivity index (χ0) is 19.4. The highest BCUT2D eigenvalue weighted by Gasteiger charge is 2.23. The highest BCUT2D eigenvalue weighted by Crippen LogP contribution is 2.22. The summed E-state index contributed by atoms with van der Waals surface area (Å²) in [6.45, 7) is -0.205. The monoisotopic (exact) mass is 405 g/mol. The molecule has 0 saturated heterocycles. The van der Waals surface area contributed by atoms with E-state index in [4.69, 9.17) is 23.2 Å². The van der Waals surface area contributed by atoms with Crippen LogP contribution in [0.25, 0.3) is 0 Å². The molecule has 1 aliphatic carbocycles. The summed E-state index contributed by atoms with van der Waals surface area (Å²) in [7, 11) is 0. The molecule has 1 aliphatic rings. The molecule has 2 aromatic rings. The van der Waals surface area contributed by atoms with E-state index in [0.29, 0.717) is 21.8 Å². The maximum atomic E-state index is 12.0. The zero-order valence-corrected chi connectivity index (χ0v) is 15.7. The van der Waals surface area contributed by atoms with Gasteiger partial charge >= 0.3 is 0 Å². The maximum Gasteiger partial charge on any atom is 0.251 e. The van der Waals surface area contributed by atoms with Crippen LogP contribution in [0.5, 0.6) is 0 Å². The van der Waals surface area contributed by atoms with E-state index in [1.54, 1.807) is 24.3 Å². The molecule has 27 heavy (non-hydrogen) atoms. The Morgan fingerprint density at radius 1 is 0.889 bits per heavy atom. The predicted octanol–water partition coefficient (Wildman–Crippen LogP) is 3.25. The smallest absolute Gasteiger partial charge is 0.251 e. The van der Waals surface area contributed by atoms with Gasteiger partial charge in [-0.15, -0.1) is 0 Å². The second-order valence-electron chi connectivity index (χ2n) is 6.18. The van der Waals surface area contributed by atoms with Gasteiger partial charge in [0.1, 0.15) is 0 Å². The fraction of sp³-hybridized carbons (Fsp3) is 0.211. The third-order valence-corrected chi connectivity index (χ3v) is 4.67. The first-order chi connectivity index (χ1) is 12.9. The van der Waals surface area contributed by atoms with Gasteiger partial charge in [0.05, 0.1) is 16.6 Å². The van der Waals surface area contributed by atoms with Crippen molar-refractivity contribution >= 4 is 46.6 Å². The van der Waals surface area contributed by atoms with Crippen molar-refractivity contribution in [1.29, 1.82) is 0 Å². The van der Waals surface area contributed by atoms with Crippen LogP contribution in [0.3, 0.4) is 0 Å². The minimum atomic E-state index is -0.434. The van der Waals surface area contributed by atoms with Crippen LogP contribution in [-0.4, -0.2) is 30.3 Å². The Labute approximate surface area is 166 Å². The Balaban J connectivity index is 1.49. The van der Waals surface area contributed by atoms with Gasteiger partial charge in [0.25, 0.3) is 11.8 Å². The number of rotatable bonds is 6. The van der Waals surface area contributed by atoms with Crippen LogP contribution >= 0.6 is 23.2 Å². The molecule has 1 saturated carbocycles. The highest BCUT2D eigenvalue weighted by molar-refractivity contribution is 6.42. The first-order valence-corrected chi connectivity index (χ1v) is 9.12. The summed E-state index contributed by atoms with van der Waals surface area (Å²) in [5, 5.41) is 8.67. The lowest BCUT2D eigenvalue weighted by Crippen LogP contribution is -2.32. The molecule has 1 fully saturated rings. The van der Waals surface area contributed by atoms with Crippen molar-refractivity contribution in [3.63, 3.8) is 0 Å². The second kappa shape index (κ2) is 8.41. The highest BCUT2D eigenvalue weighted by atomic mass is 35.5. The summed E-state index contributed by atoms with van der Waals surface area (Å²) in [6, 6.07) is 11.3. The standard InChI is InChI=1S/C19H17Cl2N3O3/c20-15-8-3-12(9-16(15)21)18(26)22-10-17(25)23-13-4-1-11(2-5-13)19(27)24-14-6-7-14/h1-5,8-9,14H,6-7,10H2,(H,22,26)(H,23,25)(H,24,27). The molecule has 0 atom stereocenters. The maximum absolute atomic E-state index is 12.0. The number of carbonyl (C=O) groups excluding carboxylic acids is 3. The number of hydrogen-bond donors (Lipinski definition) is 3. The van der Waals surface area contributed by atoms with Gasteiger partial charge in [-0.2, -0.15) is 0 Å². The SMILES string of the molecule is O=C(CNC(=O)c1ccc(Cl)c(Cl)c1)Nc1ccc(C(=O)NC2CC2)cc1. The normalized spacial score (nSPS) is 13.0. The van der Waals surface area contributed by atoms with Crippen molar-refractivity contribution in [2.75, 3.05) is 11.9 Å². The largest absolute Gasteiger partial charge is 0.349 e. The van der Waals surface area contributed by atoms with Crippen molar-refractivity contribution in [1.82, 2.24) is 10.6 Å². The molecular formula is C19H17Cl2N3O3. The average Bonchev–Trinajstić information content (AvgIpc) is 3.46. The van der Waals surface area contributed by atoms with Gasteiger partial charge in [0, 0.05) is 22.9 Å². The molecule has 0 bridgehead atoms. The van der Waals surface area contributed by atoms with Gasteiger partial charge in [-0.1, -0.05) is 23.2 Å². The summed E-state index contributed by atoms with van der Waals surface area (Å²) in [6.07, 6.45) is 2.04.